The van der Waals surface area contributed by atoms with Crippen LogP contribution in [0.15, 0.2) is 0 Å². The molecule has 2 rings (SSSR count). The lowest BCUT2D eigenvalue weighted by Crippen LogP contribution is -2.42. The molecule has 1 heteroatoms. The van der Waals surface area contributed by atoms with E-state index in [0.29, 0.717) is 0 Å². The molecule has 0 bridgehead atoms. The van der Waals surface area contributed by atoms with E-state index in [1.807, 2.05) is 0 Å². The fraction of sp³-hybridized carbons (Fsp3) is 1.00. The van der Waals surface area contributed by atoms with Gasteiger partial charge in [0.25, 0.3) is 0 Å². The predicted octanol–water partition coefficient (Wildman–Crippen LogP) is 3.84. The van der Waals surface area contributed by atoms with E-state index < -0.39 is 0 Å². The van der Waals surface area contributed by atoms with Crippen molar-refractivity contribution in [2.24, 2.45) is 23.7 Å². The quantitative estimate of drug-likeness (QED) is 0.763. The third-order valence-corrected chi connectivity index (χ3v) is 5.24. The van der Waals surface area contributed by atoms with Gasteiger partial charge in [-0.1, -0.05) is 52.4 Å². The summed E-state index contributed by atoms with van der Waals surface area (Å²) in [6.07, 6.45) is 10.3. The Hall–Kier alpha value is -0.0400. The minimum Gasteiger partial charge on any atom is -0.316 e. The van der Waals surface area contributed by atoms with Gasteiger partial charge in [-0.3, -0.25) is 0 Å². The highest BCUT2D eigenvalue weighted by molar-refractivity contribution is 4.88. The van der Waals surface area contributed by atoms with Crippen molar-refractivity contribution in [2.45, 2.75) is 58.8 Å². The third-order valence-electron chi connectivity index (χ3n) is 5.24. The van der Waals surface area contributed by atoms with Crippen LogP contribution in [0.2, 0.25) is 0 Å². The smallest absolute Gasteiger partial charge is 0.00151 e. The second kappa shape index (κ2) is 6.05. The Morgan fingerprint density at radius 2 is 1.75 bits per heavy atom. The van der Waals surface area contributed by atoms with Crippen molar-refractivity contribution >= 4 is 0 Å². The van der Waals surface area contributed by atoms with Crippen molar-refractivity contribution in [1.82, 2.24) is 5.32 Å². The van der Waals surface area contributed by atoms with E-state index in [4.69, 9.17) is 0 Å². The Bertz CT molecular complexity index is 182. The molecule has 1 saturated carbocycles. The maximum atomic E-state index is 3.64. The molecule has 2 unspecified atom stereocenters. The first-order valence-electron chi connectivity index (χ1n) is 7.57. The maximum Gasteiger partial charge on any atom is -0.00151 e. The summed E-state index contributed by atoms with van der Waals surface area (Å²) in [4.78, 5) is 0. The normalized spacial score (nSPS) is 32.4. The molecular weight excluding hydrogens is 194 g/mol. The van der Waals surface area contributed by atoms with Gasteiger partial charge in [-0.15, -0.1) is 0 Å². The summed E-state index contributed by atoms with van der Waals surface area (Å²) in [7, 11) is 0. The number of piperidine rings is 1. The topological polar surface area (TPSA) is 12.0 Å². The first kappa shape index (κ1) is 12.4. The molecule has 1 saturated heterocycles. The van der Waals surface area contributed by atoms with E-state index >= 15 is 0 Å². The molecule has 0 radical (unpaired) electrons. The number of nitrogens with one attached hydrogen (secondary N) is 1. The summed E-state index contributed by atoms with van der Waals surface area (Å²) in [6.45, 7) is 7.36. The van der Waals surface area contributed by atoms with Gasteiger partial charge in [-0.05, 0) is 43.2 Å². The SMILES string of the molecule is CCC(CC)C1CCNCC1C1CCCC1. The Morgan fingerprint density at radius 1 is 1.06 bits per heavy atom. The van der Waals surface area contributed by atoms with Crippen LogP contribution in [-0.2, 0) is 0 Å². The van der Waals surface area contributed by atoms with Crippen molar-refractivity contribution in [3.63, 3.8) is 0 Å². The standard InChI is InChI=1S/C15H29N/c1-3-12(4-2)14-9-10-16-11-15(14)13-7-5-6-8-13/h12-16H,3-11H2,1-2H3. The molecule has 1 aliphatic carbocycles. The fourth-order valence-electron chi connectivity index (χ4n) is 4.28. The van der Waals surface area contributed by atoms with Crippen molar-refractivity contribution < 1.29 is 0 Å². The Kier molecular flexibility index (Phi) is 4.69. The zero-order valence-corrected chi connectivity index (χ0v) is 11.2. The van der Waals surface area contributed by atoms with E-state index in [1.165, 1.54) is 58.0 Å². The fourth-order valence-corrected chi connectivity index (χ4v) is 4.28. The van der Waals surface area contributed by atoms with Gasteiger partial charge in [-0.2, -0.15) is 0 Å². The second-order valence-electron chi connectivity index (χ2n) is 5.94. The number of hydrogen-bond acceptors (Lipinski definition) is 1. The molecule has 1 N–H and O–H groups in total. The lowest BCUT2D eigenvalue weighted by molar-refractivity contribution is 0.115. The van der Waals surface area contributed by atoms with Crippen LogP contribution >= 0.6 is 0 Å². The zero-order valence-electron chi connectivity index (χ0n) is 11.2. The number of rotatable bonds is 4. The van der Waals surface area contributed by atoms with Gasteiger partial charge in [0.2, 0.25) is 0 Å². The average molecular weight is 223 g/mol. The highest BCUT2D eigenvalue weighted by Gasteiger charge is 2.35. The van der Waals surface area contributed by atoms with Crippen LogP contribution in [0.1, 0.15) is 58.8 Å². The highest BCUT2D eigenvalue weighted by atomic mass is 14.9. The third kappa shape index (κ3) is 2.61. The van der Waals surface area contributed by atoms with E-state index in [2.05, 4.69) is 19.2 Å². The van der Waals surface area contributed by atoms with Crippen molar-refractivity contribution in [1.29, 1.82) is 0 Å². The molecule has 16 heavy (non-hydrogen) atoms. The Balaban J connectivity index is 2.00. The molecule has 0 amide bonds. The summed E-state index contributed by atoms with van der Waals surface area (Å²) in [5, 5.41) is 3.64. The molecule has 0 aromatic rings. The van der Waals surface area contributed by atoms with Crippen LogP contribution in [0.5, 0.6) is 0 Å². The van der Waals surface area contributed by atoms with Gasteiger partial charge in [0.15, 0.2) is 0 Å². The van der Waals surface area contributed by atoms with E-state index in [0.717, 1.165) is 23.7 Å². The van der Waals surface area contributed by atoms with Gasteiger partial charge in [0.05, 0.1) is 0 Å². The maximum absolute atomic E-state index is 3.64. The van der Waals surface area contributed by atoms with E-state index in [-0.39, 0.29) is 0 Å². The molecule has 0 aromatic carbocycles. The monoisotopic (exact) mass is 223 g/mol. The summed E-state index contributed by atoms with van der Waals surface area (Å²) in [5.41, 5.74) is 0. The highest BCUT2D eigenvalue weighted by Crippen LogP contribution is 2.41. The van der Waals surface area contributed by atoms with Crippen LogP contribution in [-0.4, -0.2) is 13.1 Å². The minimum atomic E-state index is 0.993. The zero-order chi connectivity index (χ0) is 11.4. The molecule has 94 valence electrons. The molecular formula is C15H29N. The predicted molar refractivity (Wildman–Crippen MR) is 70.5 cm³/mol. The van der Waals surface area contributed by atoms with E-state index in [1.54, 1.807) is 0 Å². The molecule has 0 aromatic heterocycles. The van der Waals surface area contributed by atoms with Crippen LogP contribution in [0, 0.1) is 23.7 Å². The Morgan fingerprint density at radius 3 is 2.38 bits per heavy atom. The summed E-state index contributed by atoms with van der Waals surface area (Å²) >= 11 is 0. The van der Waals surface area contributed by atoms with E-state index in [9.17, 15) is 0 Å². The molecule has 2 aliphatic rings. The minimum absolute atomic E-state index is 0.993. The molecule has 1 nitrogen and oxygen atoms in total. The Labute approximate surface area is 101 Å². The molecule has 2 fully saturated rings. The largest absolute Gasteiger partial charge is 0.316 e. The van der Waals surface area contributed by atoms with Crippen molar-refractivity contribution in [3.05, 3.63) is 0 Å². The van der Waals surface area contributed by atoms with Gasteiger partial charge >= 0.3 is 0 Å². The molecule has 1 heterocycles. The molecule has 1 aliphatic heterocycles. The van der Waals surface area contributed by atoms with Gasteiger partial charge in [0, 0.05) is 0 Å². The molecule has 0 spiro atoms. The number of hydrogen-bond donors (Lipinski definition) is 1. The summed E-state index contributed by atoms with van der Waals surface area (Å²) < 4.78 is 0. The van der Waals surface area contributed by atoms with Crippen molar-refractivity contribution in [2.75, 3.05) is 13.1 Å². The van der Waals surface area contributed by atoms with Gasteiger partial charge in [0.1, 0.15) is 0 Å². The first-order chi connectivity index (χ1) is 7.86. The first-order valence-corrected chi connectivity index (χ1v) is 7.57. The van der Waals surface area contributed by atoms with Crippen LogP contribution < -0.4 is 5.32 Å². The lowest BCUT2D eigenvalue weighted by atomic mass is 9.69. The van der Waals surface area contributed by atoms with Gasteiger partial charge < -0.3 is 5.32 Å². The van der Waals surface area contributed by atoms with Crippen LogP contribution in [0.4, 0.5) is 0 Å². The van der Waals surface area contributed by atoms with Gasteiger partial charge in [-0.25, -0.2) is 0 Å². The molecule has 2 atom stereocenters. The lowest BCUT2D eigenvalue weighted by Gasteiger charge is -2.40. The summed E-state index contributed by atoms with van der Waals surface area (Å²) in [6, 6.07) is 0. The van der Waals surface area contributed by atoms with Crippen LogP contribution in [0.3, 0.4) is 0 Å². The summed E-state index contributed by atoms with van der Waals surface area (Å²) in [5.74, 6) is 4.08. The average Bonchev–Trinajstić information content (AvgIpc) is 2.85. The van der Waals surface area contributed by atoms with Crippen molar-refractivity contribution in [3.8, 4) is 0 Å². The second-order valence-corrected chi connectivity index (χ2v) is 5.94. The van der Waals surface area contributed by atoms with Crippen LogP contribution in [0.25, 0.3) is 0 Å².